The molecule has 0 amide bonds. The van der Waals surface area contributed by atoms with Crippen LogP contribution in [0.4, 0.5) is 11.4 Å². The van der Waals surface area contributed by atoms with E-state index in [1.165, 1.54) is 95.9 Å². The van der Waals surface area contributed by atoms with E-state index in [0.29, 0.717) is 0 Å². The fourth-order valence-corrected chi connectivity index (χ4v) is 5.87. The van der Waals surface area contributed by atoms with Crippen molar-refractivity contribution in [3.05, 3.63) is 72.1 Å². The zero-order valence-electron chi connectivity index (χ0n) is 28.7. The van der Waals surface area contributed by atoms with Crippen molar-refractivity contribution in [1.29, 1.82) is 0 Å². The van der Waals surface area contributed by atoms with Gasteiger partial charge in [0, 0.05) is 79.1 Å². The van der Waals surface area contributed by atoms with Crippen molar-refractivity contribution in [1.82, 2.24) is 0 Å². The molecule has 2 aromatic carbocycles. The highest BCUT2D eigenvalue weighted by Crippen LogP contribution is 2.25. The predicted octanol–water partition coefficient (Wildman–Crippen LogP) is -2.37. The molecule has 12 nitrogen and oxygen atoms in total. The van der Waals surface area contributed by atoms with Crippen LogP contribution in [0, 0.1) is 34.3 Å². The number of aromatic nitrogens is 2. The number of fused-ring (bicyclic) bond motifs is 2. The molecule has 0 radical (unpaired) electrons. The maximum Gasteiger partial charge on any atom is 0.214 e. The van der Waals surface area contributed by atoms with E-state index in [9.17, 15) is 0 Å². The van der Waals surface area contributed by atoms with Crippen LogP contribution in [-0.4, -0.2) is 28.2 Å². The topological polar surface area (TPSA) is 199 Å². The van der Waals surface area contributed by atoms with Gasteiger partial charge >= 0.3 is 0 Å². The van der Waals surface area contributed by atoms with E-state index in [4.69, 9.17) is 37.3 Å². The first-order chi connectivity index (χ1) is 22.4. The van der Waals surface area contributed by atoms with E-state index in [1.807, 2.05) is 0 Å². The minimum atomic E-state index is -4.94. The Bertz CT molecular complexity index is 1450. The van der Waals surface area contributed by atoms with Gasteiger partial charge in [-0.15, -0.1) is 20.5 Å². The van der Waals surface area contributed by atoms with Gasteiger partial charge in [-0.3, -0.25) is 0 Å². The number of hydrogen-bond donors (Lipinski definition) is 0. The number of halogens is 2. The number of aryl methyl sites for hydroxylation is 4. The summed E-state index contributed by atoms with van der Waals surface area (Å²) in [6.07, 6.45) is 10.5. The quantitative estimate of drug-likeness (QED) is 0.107. The largest absolute Gasteiger partial charge is 0.377 e. The van der Waals surface area contributed by atoms with Crippen molar-refractivity contribution in [3.63, 3.8) is 0 Å². The van der Waals surface area contributed by atoms with Crippen molar-refractivity contribution in [2.75, 3.05) is 38.0 Å². The van der Waals surface area contributed by atoms with Gasteiger partial charge in [-0.2, -0.15) is 9.13 Å². The molecule has 0 spiro atoms. The van der Waals surface area contributed by atoms with Crippen LogP contribution in [0.1, 0.15) is 62.8 Å². The Balaban J connectivity index is 0.000000700. The van der Waals surface area contributed by atoms with Gasteiger partial charge in [-0.25, -0.2) is 37.3 Å². The minimum Gasteiger partial charge on any atom is -0.377 e. The molecule has 0 aliphatic heterocycles. The Kier molecular flexibility index (Phi) is 16.6. The summed E-state index contributed by atoms with van der Waals surface area (Å²) < 4.78 is 73.0. The average Bonchev–Trinajstić information content (AvgIpc) is 2.97. The fraction of sp³-hybridized carbons (Fsp3) is 0.471. The van der Waals surface area contributed by atoms with E-state index >= 15 is 0 Å². The summed E-state index contributed by atoms with van der Waals surface area (Å²) in [6.45, 7) is 6.71. The van der Waals surface area contributed by atoms with Crippen LogP contribution in [0.2, 0.25) is 0 Å². The second-order valence-corrected chi connectivity index (χ2v) is 13.6. The number of benzene rings is 2. The van der Waals surface area contributed by atoms with Crippen LogP contribution in [0.25, 0.3) is 21.8 Å². The van der Waals surface area contributed by atoms with E-state index in [0.717, 1.165) is 13.1 Å². The Hall–Kier alpha value is -2.88. The molecule has 0 bridgehead atoms. The molecular formula is C34H48Cl2N4O8. The third-order valence-corrected chi connectivity index (χ3v) is 7.96. The van der Waals surface area contributed by atoms with E-state index < -0.39 is 20.5 Å². The van der Waals surface area contributed by atoms with Crippen LogP contribution in [0.5, 0.6) is 0 Å². The SMILES string of the molecule is Cc1cc(N(C)C)c2ccccc2[n+]1CCCCCCCCCC[n+]1c(C)cc(N(C)C)c2ccccc21.[O-][Cl+3]([O-])([O-])[O-].[O-][Cl+3]([O-])([O-])[O-]. The van der Waals surface area contributed by atoms with E-state index in [-0.39, 0.29) is 0 Å². The van der Waals surface area contributed by atoms with E-state index in [2.05, 4.69) is 122 Å². The number of unbranched alkanes of at least 4 members (excludes halogenated alkanes) is 7. The van der Waals surface area contributed by atoms with Crippen LogP contribution < -0.4 is 56.2 Å². The van der Waals surface area contributed by atoms with Gasteiger partial charge in [0.25, 0.3) is 0 Å². The molecule has 0 saturated heterocycles. The van der Waals surface area contributed by atoms with Crippen molar-refractivity contribution < 1.29 is 66.9 Å². The molecule has 0 aliphatic rings. The summed E-state index contributed by atoms with van der Waals surface area (Å²) in [4.78, 5) is 4.45. The minimum absolute atomic E-state index is 1.11. The Morgan fingerprint density at radius 1 is 0.479 bits per heavy atom. The smallest absolute Gasteiger partial charge is 0.214 e. The monoisotopic (exact) mass is 710 g/mol. The second-order valence-electron chi connectivity index (χ2n) is 12.1. The van der Waals surface area contributed by atoms with Gasteiger partial charge in [0.05, 0.1) is 22.1 Å². The van der Waals surface area contributed by atoms with Gasteiger partial charge in [0.2, 0.25) is 11.0 Å². The molecule has 0 aliphatic carbocycles. The summed E-state index contributed by atoms with van der Waals surface area (Å²) >= 11 is 0. The lowest BCUT2D eigenvalue weighted by Gasteiger charge is -2.17. The lowest BCUT2D eigenvalue weighted by Crippen LogP contribution is -2.68. The Labute approximate surface area is 287 Å². The summed E-state index contributed by atoms with van der Waals surface area (Å²) in [6, 6.07) is 22.4. The molecule has 266 valence electrons. The van der Waals surface area contributed by atoms with Gasteiger partial charge in [0.15, 0.2) is 11.4 Å². The molecule has 4 aromatic rings. The zero-order chi connectivity index (χ0) is 36.1. The normalized spacial score (nSPS) is 11.5. The lowest BCUT2D eigenvalue weighted by molar-refractivity contribution is -2.00. The van der Waals surface area contributed by atoms with Crippen LogP contribution >= 0.6 is 0 Å². The molecule has 4 rings (SSSR count). The fourth-order valence-electron chi connectivity index (χ4n) is 5.87. The molecule has 2 aromatic heterocycles. The number of nitrogens with zero attached hydrogens (tertiary/aromatic N) is 4. The van der Waals surface area contributed by atoms with Gasteiger partial charge in [-0.05, 0) is 25.0 Å². The molecule has 0 N–H and O–H groups in total. The lowest BCUT2D eigenvalue weighted by atomic mass is 10.1. The number of hydrogen-bond acceptors (Lipinski definition) is 10. The van der Waals surface area contributed by atoms with Crippen molar-refractivity contribution in [2.45, 2.75) is 78.3 Å². The van der Waals surface area contributed by atoms with Crippen LogP contribution in [0.15, 0.2) is 60.7 Å². The summed E-state index contributed by atoms with van der Waals surface area (Å²) in [5.41, 5.74) is 8.03. The number of para-hydroxylation sites is 2. The highest BCUT2D eigenvalue weighted by atomic mass is 35.7. The van der Waals surface area contributed by atoms with Crippen molar-refractivity contribution in [2.24, 2.45) is 0 Å². The number of rotatable bonds is 13. The summed E-state index contributed by atoms with van der Waals surface area (Å²) in [5.74, 6) is 0. The summed E-state index contributed by atoms with van der Waals surface area (Å²) in [5, 5.41) is 2.69. The maximum absolute atomic E-state index is 8.49. The number of anilines is 2. The van der Waals surface area contributed by atoms with Crippen molar-refractivity contribution >= 4 is 33.2 Å². The number of pyridine rings is 2. The third-order valence-electron chi connectivity index (χ3n) is 7.96. The first-order valence-corrected chi connectivity index (χ1v) is 18.3. The summed E-state index contributed by atoms with van der Waals surface area (Å²) in [7, 11) is -1.35. The predicted molar refractivity (Wildman–Crippen MR) is 163 cm³/mol. The third kappa shape index (κ3) is 14.7. The highest BCUT2D eigenvalue weighted by Gasteiger charge is 2.18. The molecule has 14 heteroatoms. The molecule has 2 heterocycles. The molecular weight excluding hydrogens is 663 g/mol. The van der Waals surface area contributed by atoms with Crippen LogP contribution in [0.3, 0.4) is 0 Å². The average molecular weight is 712 g/mol. The highest BCUT2D eigenvalue weighted by molar-refractivity contribution is 5.90. The van der Waals surface area contributed by atoms with E-state index in [1.54, 1.807) is 0 Å². The van der Waals surface area contributed by atoms with Gasteiger partial charge < -0.3 is 9.80 Å². The second kappa shape index (κ2) is 19.3. The Morgan fingerprint density at radius 3 is 1.04 bits per heavy atom. The molecule has 0 atom stereocenters. The zero-order valence-corrected chi connectivity index (χ0v) is 30.2. The molecule has 0 saturated carbocycles. The first-order valence-electron chi connectivity index (χ1n) is 15.8. The first kappa shape index (κ1) is 41.3. The molecule has 48 heavy (non-hydrogen) atoms. The Morgan fingerprint density at radius 2 is 0.750 bits per heavy atom. The van der Waals surface area contributed by atoms with Gasteiger partial charge in [0.1, 0.15) is 13.1 Å². The molecule has 0 fully saturated rings. The maximum atomic E-state index is 8.49. The standard InChI is InChI=1S/C34H48N4.2ClHO4/c1-27-25-33(35(3)4)29-19-13-15-21-31(29)37(27)23-17-11-9-7-8-10-12-18-24-38-28(2)26-34(36(5)6)30-20-14-16-22-32(30)38;2*2-1(3,4)5/h13-16,19-22,25-26H,7-12,17-18,23-24H2,1-6H3;2*(H,2,3,4,5)/q+2;;/p-2. The van der Waals surface area contributed by atoms with Crippen molar-refractivity contribution in [3.8, 4) is 0 Å². The van der Waals surface area contributed by atoms with Crippen LogP contribution in [-0.2, 0) is 13.1 Å². The molecule has 0 unspecified atom stereocenters. The van der Waals surface area contributed by atoms with Gasteiger partial charge in [-0.1, -0.05) is 49.9 Å².